The first-order valence-corrected chi connectivity index (χ1v) is 9.90. The molecule has 0 saturated heterocycles. The zero-order valence-electron chi connectivity index (χ0n) is 17.2. The maximum atomic E-state index is 12.7. The smallest absolute Gasteiger partial charge is 0.248 e. The number of guanidine groups is 1. The fraction of sp³-hybridized carbons (Fsp3) is 0.364. The summed E-state index contributed by atoms with van der Waals surface area (Å²) in [4.78, 5) is 19.0. The number of benzene rings is 2. The summed E-state index contributed by atoms with van der Waals surface area (Å²) in [6.45, 7) is 5.92. The first-order valence-electron chi connectivity index (χ1n) is 9.90. The van der Waals surface area contributed by atoms with Crippen LogP contribution < -0.4 is 25.0 Å². The van der Waals surface area contributed by atoms with E-state index in [2.05, 4.69) is 21.7 Å². The Bertz CT molecular complexity index is 882. The van der Waals surface area contributed by atoms with Crippen molar-refractivity contribution < 1.29 is 14.3 Å². The van der Waals surface area contributed by atoms with E-state index in [-0.39, 0.29) is 12.5 Å². The molecule has 7 nitrogen and oxygen atoms in total. The van der Waals surface area contributed by atoms with Gasteiger partial charge in [-0.25, -0.2) is 4.99 Å². The summed E-state index contributed by atoms with van der Waals surface area (Å²) < 4.78 is 10.9. The Morgan fingerprint density at radius 2 is 2.00 bits per heavy atom. The lowest BCUT2D eigenvalue weighted by Gasteiger charge is -2.17. The van der Waals surface area contributed by atoms with E-state index in [9.17, 15) is 4.79 Å². The molecule has 2 N–H and O–H groups in total. The van der Waals surface area contributed by atoms with Crippen molar-refractivity contribution in [2.45, 2.75) is 20.3 Å². The number of rotatable bonds is 7. The lowest BCUT2D eigenvalue weighted by molar-refractivity contribution is -0.117. The van der Waals surface area contributed by atoms with Crippen molar-refractivity contribution in [1.29, 1.82) is 0 Å². The van der Waals surface area contributed by atoms with E-state index in [0.717, 1.165) is 17.8 Å². The maximum absolute atomic E-state index is 12.7. The largest absolute Gasteiger partial charge is 0.493 e. The fourth-order valence-corrected chi connectivity index (χ4v) is 3.29. The Morgan fingerprint density at radius 3 is 2.76 bits per heavy atom. The van der Waals surface area contributed by atoms with Gasteiger partial charge in [-0.1, -0.05) is 18.2 Å². The van der Waals surface area contributed by atoms with Crippen molar-refractivity contribution >= 4 is 23.2 Å². The molecule has 2 aromatic rings. The molecule has 0 fully saturated rings. The van der Waals surface area contributed by atoms with Gasteiger partial charge in [0.1, 0.15) is 6.54 Å². The molecule has 3 rings (SSSR count). The zero-order valence-corrected chi connectivity index (χ0v) is 17.2. The molecule has 1 heterocycles. The van der Waals surface area contributed by atoms with Gasteiger partial charge in [-0.3, -0.25) is 4.79 Å². The van der Waals surface area contributed by atoms with Gasteiger partial charge in [0.15, 0.2) is 17.5 Å². The number of para-hydroxylation sites is 1. The number of fused-ring (bicyclic) bond motifs is 1. The van der Waals surface area contributed by atoms with Crippen molar-refractivity contribution in [3.63, 3.8) is 0 Å². The average molecular weight is 396 g/mol. The molecule has 29 heavy (non-hydrogen) atoms. The Hall–Kier alpha value is -3.22. The van der Waals surface area contributed by atoms with E-state index in [1.807, 2.05) is 55.1 Å². The van der Waals surface area contributed by atoms with E-state index in [1.54, 1.807) is 7.11 Å². The second-order valence-corrected chi connectivity index (χ2v) is 6.54. The van der Waals surface area contributed by atoms with Crippen LogP contribution in [0.2, 0.25) is 0 Å². The van der Waals surface area contributed by atoms with Gasteiger partial charge >= 0.3 is 0 Å². The molecule has 0 unspecified atom stereocenters. The van der Waals surface area contributed by atoms with Gasteiger partial charge in [0.2, 0.25) is 5.91 Å². The van der Waals surface area contributed by atoms with Gasteiger partial charge < -0.3 is 25.0 Å². The van der Waals surface area contributed by atoms with Crippen LogP contribution in [0.15, 0.2) is 47.5 Å². The quantitative estimate of drug-likeness (QED) is 0.556. The number of hydrogen-bond acceptors (Lipinski definition) is 4. The van der Waals surface area contributed by atoms with Crippen molar-refractivity contribution in [2.75, 3.05) is 43.6 Å². The third kappa shape index (κ3) is 4.99. The minimum Gasteiger partial charge on any atom is -0.493 e. The summed E-state index contributed by atoms with van der Waals surface area (Å²) in [5, 5.41) is 6.39. The molecular formula is C22H28N4O3. The fourth-order valence-electron chi connectivity index (χ4n) is 3.29. The predicted octanol–water partition coefficient (Wildman–Crippen LogP) is 3.06. The Morgan fingerprint density at radius 1 is 1.17 bits per heavy atom. The molecule has 0 saturated carbocycles. The normalized spacial score (nSPS) is 13.1. The average Bonchev–Trinajstić information content (AvgIpc) is 3.17. The third-order valence-corrected chi connectivity index (χ3v) is 4.63. The highest BCUT2D eigenvalue weighted by atomic mass is 16.5. The predicted molar refractivity (Wildman–Crippen MR) is 116 cm³/mol. The van der Waals surface area contributed by atoms with Gasteiger partial charge in [-0.15, -0.1) is 0 Å². The van der Waals surface area contributed by atoms with Crippen LogP contribution in [0.5, 0.6) is 11.5 Å². The molecule has 2 aromatic carbocycles. The summed E-state index contributed by atoms with van der Waals surface area (Å²) in [5.74, 6) is 1.85. The van der Waals surface area contributed by atoms with E-state index in [4.69, 9.17) is 9.47 Å². The van der Waals surface area contributed by atoms with E-state index >= 15 is 0 Å². The Kier molecular flexibility index (Phi) is 6.94. The molecule has 0 aliphatic carbocycles. The number of amides is 1. The van der Waals surface area contributed by atoms with Crippen molar-refractivity contribution in [3.05, 3.63) is 48.0 Å². The van der Waals surface area contributed by atoms with Gasteiger partial charge in [0.05, 0.1) is 13.7 Å². The minimum atomic E-state index is -0.0172. The first-order chi connectivity index (χ1) is 14.2. The van der Waals surface area contributed by atoms with Gasteiger partial charge in [-0.05, 0) is 44.0 Å². The van der Waals surface area contributed by atoms with E-state index in [1.165, 1.54) is 5.56 Å². The van der Waals surface area contributed by atoms with Crippen molar-refractivity contribution in [2.24, 2.45) is 4.99 Å². The molecule has 0 bridgehead atoms. The highest BCUT2D eigenvalue weighted by Crippen LogP contribution is 2.30. The monoisotopic (exact) mass is 396 g/mol. The van der Waals surface area contributed by atoms with Gasteiger partial charge in [0.25, 0.3) is 0 Å². The number of anilines is 2. The second kappa shape index (κ2) is 9.82. The van der Waals surface area contributed by atoms with Crippen LogP contribution in [-0.2, 0) is 11.2 Å². The van der Waals surface area contributed by atoms with E-state index < -0.39 is 0 Å². The van der Waals surface area contributed by atoms with Crippen molar-refractivity contribution in [1.82, 2.24) is 5.32 Å². The molecular weight excluding hydrogens is 368 g/mol. The summed E-state index contributed by atoms with van der Waals surface area (Å²) in [7, 11) is 1.60. The van der Waals surface area contributed by atoms with Crippen LogP contribution >= 0.6 is 0 Å². The van der Waals surface area contributed by atoms with Crippen molar-refractivity contribution in [3.8, 4) is 11.5 Å². The van der Waals surface area contributed by atoms with E-state index in [0.29, 0.717) is 37.2 Å². The minimum absolute atomic E-state index is 0.0172. The SMILES string of the molecule is CCNC(=NCC(=O)N1CCc2ccccc21)Nc1ccc(OCC)c(OC)c1. The molecule has 154 valence electrons. The molecule has 7 heteroatoms. The van der Waals surface area contributed by atoms with Gasteiger partial charge in [0, 0.05) is 30.5 Å². The van der Waals surface area contributed by atoms with Crippen LogP contribution in [0.3, 0.4) is 0 Å². The summed E-state index contributed by atoms with van der Waals surface area (Å²) in [5.41, 5.74) is 2.99. The standard InChI is InChI=1S/C22H28N4O3/c1-4-23-22(25-17-10-11-19(29-5-2)20(14-17)28-3)24-15-21(27)26-13-12-16-8-6-7-9-18(16)26/h6-11,14H,4-5,12-13,15H2,1-3H3,(H2,23,24,25). The molecule has 0 aromatic heterocycles. The Balaban J connectivity index is 1.70. The number of nitrogens with zero attached hydrogens (tertiary/aromatic N) is 2. The van der Waals surface area contributed by atoms with Gasteiger partial charge in [-0.2, -0.15) is 0 Å². The molecule has 0 radical (unpaired) electrons. The van der Waals surface area contributed by atoms with Crippen LogP contribution in [0.1, 0.15) is 19.4 Å². The first kappa shape index (κ1) is 20.5. The number of nitrogens with one attached hydrogen (secondary N) is 2. The third-order valence-electron chi connectivity index (χ3n) is 4.63. The number of methoxy groups -OCH3 is 1. The topological polar surface area (TPSA) is 75.2 Å². The molecule has 0 atom stereocenters. The highest BCUT2D eigenvalue weighted by molar-refractivity contribution is 6.00. The number of carbonyl (C=O) groups is 1. The van der Waals surface area contributed by atoms with Crippen LogP contribution in [0, 0.1) is 0 Å². The highest BCUT2D eigenvalue weighted by Gasteiger charge is 2.23. The summed E-state index contributed by atoms with van der Waals surface area (Å²) in [6, 6.07) is 13.6. The number of aliphatic imine (C=N–C) groups is 1. The maximum Gasteiger partial charge on any atom is 0.248 e. The lowest BCUT2D eigenvalue weighted by atomic mass is 10.2. The number of hydrogen-bond donors (Lipinski definition) is 2. The molecule has 1 aliphatic heterocycles. The molecule has 1 amide bonds. The summed E-state index contributed by atoms with van der Waals surface area (Å²) >= 11 is 0. The zero-order chi connectivity index (χ0) is 20.6. The lowest BCUT2D eigenvalue weighted by Crippen LogP contribution is -2.34. The van der Waals surface area contributed by atoms with Crippen LogP contribution in [-0.4, -0.2) is 45.2 Å². The number of ether oxygens (including phenoxy) is 2. The second-order valence-electron chi connectivity index (χ2n) is 6.54. The molecule has 1 aliphatic rings. The molecule has 0 spiro atoms. The number of carbonyl (C=O) groups excluding carboxylic acids is 1. The van der Waals surface area contributed by atoms with Crippen LogP contribution in [0.25, 0.3) is 0 Å². The van der Waals surface area contributed by atoms with Crippen LogP contribution in [0.4, 0.5) is 11.4 Å². The summed E-state index contributed by atoms with van der Waals surface area (Å²) in [6.07, 6.45) is 0.885. The Labute approximate surface area is 171 Å².